The zero-order valence-electron chi connectivity index (χ0n) is 8.10. The summed E-state index contributed by atoms with van der Waals surface area (Å²) >= 11 is 0. The van der Waals surface area contributed by atoms with Crippen LogP contribution in [0.15, 0.2) is 24.5 Å². The minimum Gasteiger partial charge on any atom is -0.389 e. The van der Waals surface area contributed by atoms with Crippen LogP contribution < -0.4 is 4.74 Å². The van der Waals surface area contributed by atoms with Crippen LogP contribution in [-0.2, 0) is 4.79 Å². The summed E-state index contributed by atoms with van der Waals surface area (Å²) in [5.74, 6) is -0.557. The van der Waals surface area contributed by atoms with E-state index in [1.54, 1.807) is 6.92 Å². The molecule has 0 aliphatic heterocycles. The van der Waals surface area contributed by atoms with Crippen molar-refractivity contribution in [1.29, 1.82) is 0 Å². The third-order valence-corrected chi connectivity index (χ3v) is 1.57. The zero-order chi connectivity index (χ0) is 10.7. The number of aliphatic hydroxyl groups is 1. The van der Waals surface area contributed by atoms with Gasteiger partial charge in [0.1, 0.15) is 6.23 Å². The van der Waals surface area contributed by atoms with Crippen molar-refractivity contribution < 1.29 is 14.6 Å². The summed E-state index contributed by atoms with van der Waals surface area (Å²) in [5, 5.41) is 9.25. The van der Waals surface area contributed by atoms with Crippen LogP contribution in [0.2, 0.25) is 0 Å². The molecule has 14 heavy (non-hydrogen) atoms. The molecule has 0 aliphatic carbocycles. The van der Waals surface area contributed by atoms with E-state index in [0.29, 0.717) is 0 Å². The topological polar surface area (TPSA) is 64.3 Å². The number of nitrogens with zero attached hydrogens (tertiary/aromatic N) is 2. The second-order valence-corrected chi connectivity index (χ2v) is 2.92. The highest BCUT2D eigenvalue weighted by Gasteiger charge is 2.12. The summed E-state index contributed by atoms with van der Waals surface area (Å²) < 4.78 is 6.20. The van der Waals surface area contributed by atoms with E-state index >= 15 is 0 Å². The SMILES string of the molecule is C=C(C)C(=O)Oc1nccn1C(C)O. The Morgan fingerprint density at radius 1 is 1.79 bits per heavy atom. The van der Waals surface area contributed by atoms with Crippen LogP contribution in [0.5, 0.6) is 6.01 Å². The van der Waals surface area contributed by atoms with Crippen molar-refractivity contribution >= 4 is 5.97 Å². The fourth-order valence-electron chi connectivity index (χ4n) is 0.833. The van der Waals surface area contributed by atoms with Crippen LogP contribution in [-0.4, -0.2) is 20.6 Å². The van der Waals surface area contributed by atoms with Gasteiger partial charge in [0, 0.05) is 18.0 Å². The number of rotatable bonds is 3. The monoisotopic (exact) mass is 196 g/mol. The number of hydrogen-bond donors (Lipinski definition) is 1. The van der Waals surface area contributed by atoms with Gasteiger partial charge < -0.3 is 9.84 Å². The third-order valence-electron chi connectivity index (χ3n) is 1.57. The lowest BCUT2D eigenvalue weighted by Gasteiger charge is -2.09. The van der Waals surface area contributed by atoms with Gasteiger partial charge in [0.05, 0.1) is 0 Å². The Kier molecular flexibility index (Phi) is 3.03. The van der Waals surface area contributed by atoms with Gasteiger partial charge in [-0.05, 0) is 13.8 Å². The van der Waals surface area contributed by atoms with Crippen molar-refractivity contribution in [3.63, 3.8) is 0 Å². The van der Waals surface area contributed by atoms with Crippen LogP contribution in [0, 0.1) is 0 Å². The third kappa shape index (κ3) is 2.20. The summed E-state index contributed by atoms with van der Waals surface area (Å²) in [4.78, 5) is 14.9. The summed E-state index contributed by atoms with van der Waals surface area (Å²) in [7, 11) is 0. The van der Waals surface area contributed by atoms with Gasteiger partial charge in [0.2, 0.25) is 0 Å². The Labute approximate surface area is 81.6 Å². The second kappa shape index (κ2) is 4.06. The Morgan fingerprint density at radius 2 is 2.43 bits per heavy atom. The number of imidazole rings is 1. The molecule has 5 heteroatoms. The van der Waals surface area contributed by atoms with Gasteiger partial charge in [-0.1, -0.05) is 6.58 Å². The van der Waals surface area contributed by atoms with Crippen LogP contribution in [0.25, 0.3) is 0 Å². The molecule has 5 nitrogen and oxygen atoms in total. The molecule has 1 aromatic rings. The van der Waals surface area contributed by atoms with Crippen molar-refractivity contribution in [2.45, 2.75) is 20.1 Å². The molecule has 0 fully saturated rings. The first-order valence-corrected chi connectivity index (χ1v) is 4.11. The first-order valence-electron chi connectivity index (χ1n) is 4.11. The van der Waals surface area contributed by atoms with Gasteiger partial charge in [0.25, 0.3) is 0 Å². The minimum absolute atomic E-state index is 0.0630. The maximum Gasteiger partial charge on any atom is 0.340 e. The van der Waals surface area contributed by atoms with E-state index in [1.807, 2.05) is 0 Å². The largest absolute Gasteiger partial charge is 0.389 e. The van der Waals surface area contributed by atoms with Gasteiger partial charge in [-0.25, -0.2) is 9.78 Å². The van der Waals surface area contributed by atoms with Crippen LogP contribution in [0.4, 0.5) is 0 Å². The first-order chi connectivity index (χ1) is 6.52. The minimum atomic E-state index is -0.787. The summed E-state index contributed by atoms with van der Waals surface area (Å²) in [6.45, 7) is 6.52. The van der Waals surface area contributed by atoms with E-state index in [9.17, 15) is 9.90 Å². The molecule has 1 rings (SSSR count). The maximum absolute atomic E-state index is 11.1. The number of aromatic nitrogens is 2. The average molecular weight is 196 g/mol. The highest BCUT2D eigenvalue weighted by molar-refractivity contribution is 5.88. The van der Waals surface area contributed by atoms with Crippen molar-refractivity contribution in [2.24, 2.45) is 0 Å². The number of carbonyl (C=O) groups excluding carboxylic acids is 1. The number of hydrogen-bond acceptors (Lipinski definition) is 4. The molecule has 0 amide bonds. The van der Waals surface area contributed by atoms with Gasteiger partial charge in [0.15, 0.2) is 0 Å². The van der Waals surface area contributed by atoms with Crippen molar-refractivity contribution in [3.8, 4) is 6.01 Å². The number of ether oxygens (including phenoxy) is 1. The molecule has 1 heterocycles. The normalized spacial score (nSPS) is 12.2. The quantitative estimate of drug-likeness (QED) is 0.575. The lowest BCUT2D eigenvalue weighted by Crippen LogP contribution is -2.13. The molecule has 1 N–H and O–H groups in total. The van der Waals surface area contributed by atoms with Gasteiger partial charge >= 0.3 is 12.0 Å². The zero-order valence-corrected chi connectivity index (χ0v) is 8.10. The molecule has 1 atom stereocenters. The Morgan fingerprint density at radius 3 is 2.93 bits per heavy atom. The van der Waals surface area contributed by atoms with E-state index in [0.717, 1.165) is 0 Å². The Bertz CT molecular complexity index is 355. The van der Waals surface area contributed by atoms with E-state index in [-0.39, 0.29) is 11.6 Å². The standard InChI is InChI=1S/C9H12N2O3/c1-6(2)8(13)14-9-10-4-5-11(9)7(3)12/h4-5,7,12H,1H2,2-3H3. The van der Waals surface area contributed by atoms with Crippen LogP contribution >= 0.6 is 0 Å². The number of aliphatic hydroxyl groups excluding tert-OH is 1. The van der Waals surface area contributed by atoms with E-state index < -0.39 is 12.2 Å². The fourth-order valence-corrected chi connectivity index (χ4v) is 0.833. The molecule has 1 aromatic heterocycles. The highest BCUT2D eigenvalue weighted by Crippen LogP contribution is 2.13. The van der Waals surface area contributed by atoms with Crippen molar-refractivity contribution in [1.82, 2.24) is 9.55 Å². The lowest BCUT2D eigenvalue weighted by molar-refractivity contribution is -0.131. The smallest absolute Gasteiger partial charge is 0.340 e. The molecular weight excluding hydrogens is 184 g/mol. The molecule has 0 aromatic carbocycles. The fraction of sp³-hybridized carbons (Fsp3) is 0.333. The lowest BCUT2D eigenvalue weighted by atomic mass is 10.4. The van der Waals surface area contributed by atoms with Crippen LogP contribution in [0.3, 0.4) is 0 Å². The molecule has 0 aliphatic rings. The Balaban J connectivity index is 2.81. The summed E-state index contributed by atoms with van der Waals surface area (Å²) in [6, 6.07) is 0.0630. The van der Waals surface area contributed by atoms with E-state index in [1.165, 1.54) is 23.9 Å². The molecule has 0 saturated carbocycles. The maximum atomic E-state index is 11.1. The molecule has 0 bridgehead atoms. The van der Waals surface area contributed by atoms with Gasteiger partial charge in [-0.15, -0.1) is 0 Å². The molecule has 0 saturated heterocycles. The number of esters is 1. The predicted octanol–water partition coefficient (Wildman–Crippen LogP) is 0.875. The predicted molar refractivity (Wildman–Crippen MR) is 49.6 cm³/mol. The van der Waals surface area contributed by atoms with Gasteiger partial charge in [-0.3, -0.25) is 4.57 Å². The molecule has 0 radical (unpaired) electrons. The summed E-state index contributed by atoms with van der Waals surface area (Å²) in [5.41, 5.74) is 0.283. The van der Waals surface area contributed by atoms with Gasteiger partial charge in [-0.2, -0.15) is 0 Å². The van der Waals surface area contributed by atoms with Crippen LogP contribution in [0.1, 0.15) is 20.1 Å². The molecule has 0 spiro atoms. The van der Waals surface area contributed by atoms with E-state index in [4.69, 9.17) is 4.74 Å². The van der Waals surface area contributed by atoms with E-state index in [2.05, 4.69) is 11.6 Å². The highest BCUT2D eigenvalue weighted by atomic mass is 16.6. The van der Waals surface area contributed by atoms with Crippen molar-refractivity contribution in [2.75, 3.05) is 0 Å². The average Bonchev–Trinajstić information content (AvgIpc) is 2.52. The summed E-state index contributed by atoms with van der Waals surface area (Å²) in [6.07, 6.45) is 2.17. The molecular formula is C9H12N2O3. The molecule has 76 valence electrons. The second-order valence-electron chi connectivity index (χ2n) is 2.92. The molecule has 1 unspecified atom stereocenters. The number of carbonyl (C=O) groups is 1. The Hall–Kier alpha value is -1.62. The van der Waals surface area contributed by atoms with Crippen molar-refractivity contribution in [3.05, 3.63) is 24.5 Å². The first kappa shape index (κ1) is 10.5.